The summed E-state index contributed by atoms with van der Waals surface area (Å²) in [6, 6.07) is 5.54. The quantitative estimate of drug-likeness (QED) is 0.562. The molecule has 7 heteroatoms. The van der Waals surface area contributed by atoms with E-state index in [0.29, 0.717) is 31.1 Å². The summed E-state index contributed by atoms with van der Waals surface area (Å²) >= 11 is 0. The minimum atomic E-state index is -0.352. The van der Waals surface area contributed by atoms with Crippen LogP contribution < -0.4 is 10.7 Å². The largest absolute Gasteiger partial charge is 0.507 e. The van der Waals surface area contributed by atoms with Gasteiger partial charge in [0.2, 0.25) is 5.43 Å². The Bertz CT molecular complexity index is 875. The van der Waals surface area contributed by atoms with E-state index in [1.54, 1.807) is 13.1 Å². The zero-order valence-corrected chi connectivity index (χ0v) is 20.6. The number of nitrogens with zero attached hydrogens (tertiary/aromatic N) is 1. The van der Waals surface area contributed by atoms with Crippen molar-refractivity contribution in [2.45, 2.75) is 72.4 Å². The molecule has 3 N–H and O–H groups in total. The van der Waals surface area contributed by atoms with E-state index >= 15 is 0 Å². The molecular formula is C23H36Cl2N2O3. The zero-order valence-electron chi connectivity index (χ0n) is 19.0. The van der Waals surface area contributed by atoms with Crippen molar-refractivity contribution in [1.82, 2.24) is 9.88 Å². The maximum atomic E-state index is 11.5. The molecule has 0 unspecified atom stereocenters. The molecule has 0 aliphatic rings. The minimum absolute atomic E-state index is 0. The summed E-state index contributed by atoms with van der Waals surface area (Å²) in [4.78, 5) is 11.5. The molecule has 0 amide bonds. The number of benzene rings is 1. The van der Waals surface area contributed by atoms with Gasteiger partial charge in [-0.1, -0.05) is 53.7 Å². The molecule has 5 nitrogen and oxygen atoms in total. The summed E-state index contributed by atoms with van der Waals surface area (Å²) in [5.41, 5.74) is 2.97. The molecule has 0 aliphatic carbocycles. The van der Waals surface area contributed by atoms with Crippen molar-refractivity contribution in [2.75, 3.05) is 6.54 Å². The van der Waals surface area contributed by atoms with Crippen LogP contribution in [0, 0.1) is 6.92 Å². The fraction of sp³-hybridized carbons (Fsp3) is 0.522. The van der Waals surface area contributed by atoms with Crippen LogP contribution in [-0.2, 0) is 23.9 Å². The molecule has 1 aromatic carbocycles. The van der Waals surface area contributed by atoms with Crippen molar-refractivity contribution in [3.63, 3.8) is 0 Å². The highest BCUT2D eigenvalue weighted by molar-refractivity contribution is 5.85. The first-order valence-electron chi connectivity index (χ1n) is 9.79. The third-order valence-electron chi connectivity index (χ3n) is 5.06. The number of phenols is 1. The predicted molar refractivity (Wildman–Crippen MR) is 129 cm³/mol. The van der Waals surface area contributed by atoms with E-state index in [2.05, 4.69) is 59.0 Å². The topological polar surface area (TPSA) is 74.5 Å². The summed E-state index contributed by atoms with van der Waals surface area (Å²) < 4.78 is 1.86. The molecule has 0 aliphatic heterocycles. The molecule has 0 spiro atoms. The Balaban J connectivity index is 0.00000420. The summed E-state index contributed by atoms with van der Waals surface area (Å²) in [6.07, 6.45) is 1.70. The van der Waals surface area contributed by atoms with E-state index < -0.39 is 0 Å². The smallest absolute Gasteiger partial charge is 0.223 e. The molecule has 0 radical (unpaired) electrons. The van der Waals surface area contributed by atoms with Gasteiger partial charge >= 0.3 is 0 Å². The monoisotopic (exact) mass is 458 g/mol. The van der Waals surface area contributed by atoms with Gasteiger partial charge in [0.25, 0.3) is 0 Å². The SMILES string of the molecule is Cc1c(O)c(=O)ccn1CCNCc1cc(C(C)(C)C)c(O)c(C(C)(C)C)c1.Cl.Cl. The van der Waals surface area contributed by atoms with Gasteiger partial charge in [0.15, 0.2) is 5.75 Å². The summed E-state index contributed by atoms with van der Waals surface area (Å²) in [7, 11) is 0. The summed E-state index contributed by atoms with van der Waals surface area (Å²) in [5, 5.41) is 24.0. The Hall–Kier alpha value is -1.69. The Labute approximate surface area is 192 Å². The number of hydrogen-bond donors (Lipinski definition) is 3. The third-order valence-corrected chi connectivity index (χ3v) is 5.06. The molecule has 1 aromatic heterocycles. The van der Waals surface area contributed by atoms with Crippen molar-refractivity contribution in [1.29, 1.82) is 0 Å². The van der Waals surface area contributed by atoms with E-state index in [1.165, 1.54) is 6.07 Å². The van der Waals surface area contributed by atoms with E-state index in [-0.39, 0.29) is 46.8 Å². The first-order valence-corrected chi connectivity index (χ1v) is 9.79. The van der Waals surface area contributed by atoms with Crippen LogP contribution in [0.3, 0.4) is 0 Å². The first-order chi connectivity index (χ1) is 12.8. The Morgan fingerprint density at radius 1 is 0.933 bits per heavy atom. The highest BCUT2D eigenvalue weighted by Gasteiger charge is 2.26. The van der Waals surface area contributed by atoms with Crippen molar-refractivity contribution < 1.29 is 10.2 Å². The third kappa shape index (κ3) is 6.66. The van der Waals surface area contributed by atoms with Crippen LogP contribution in [-0.4, -0.2) is 21.3 Å². The molecule has 0 bridgehead atoms. The number of aromatic nitrogens is 1. The van der Waals surface area contributed by atoms with Crippen molar-refractivity contribution >= 4 is 24.8 Å². The van der Waals surface area contributed by atoms with E-state index in [0.717, 1.165) is 16.7 Å². The molecule has 2 rings (SSSR count). The highest BCUT2D eigenvalue weighted by atomic mass is 35.5. The van der Waals surface area contributed by atoms with E-state index in [4.69, 9.17) is 0 Å². The van der Waals surface area contributed by atoms with Crippen LogP contribution in [0.25, 0.3) is 0 Å². The second-order valence-corrected chi connectivity index (χ2v) is 9.52. The molecule has 1 heterocycles. The van der Waals surface area contributed by atoms with Gasteiger partial charge in [-0.2, -0.15) is 0 Å². The van der Waals surface area contributed by atoms with Crippen molar-refractivity contribution in [2.24, 2.45) is 0 Å². The van der Waals surface area contributed by atoms with Gasteiger partial charge in [-0.15, -0.1) is 24.8 Å². The minimum Gasteiger partial charge on any atom is -0.507 e. The lowest BCUT2D eigenvalue weighted by atomic mass is 9.78. The van der Waals surface area contributed by atoms with Gasteiger partial charge < -0.3 is 20.1 Å². The molecule has 2 aromatic rings. The van der Waals surface area contributed by atoms with Crippen LogP contribution in [0.1, 0.15) is 63.9 Å². The maximum absolute atomic E-state index is 11.5. The molecule has 0 fully saturated rings. The average Bonchev–Trinajstić information content (AvgIpc) is 2.57. The van der Waals surface area contributed by atoms with Crippen LogP contribution in [0.2, 0.25) is 0 Å². The summed E-state index contributed by atoms with van der Waals surface area (Å²) in [5.74, 6) is 0.203. The van der Waals surface area contributed by atoms with Crippen LogP contribution in [0.4, 0.5) is 0 Å². The Kier molecular flexibility index (Phi) is 9.97. The number of aromatic hydroxyl groups is 2. The number of hydrogen-bond acceptors (Lipinski definition) is 4. The van der Waals surface area contributed by atoms with Crippen LogP contribution >= 0.6 is 24.8 Å². The lowest BCUT2D eigenvalue weighted by Crippen LogP contribution is -2.23. The van der Waals surface area contributed by atoms with E-state index in [1.807, 2.05) is 4.57 Å². The van der Waals surface area contributed by atoms with Gasteiger partial charge in [0.1, 0.15) is 5.75 Å². The number of nitrogens with one attached hydrogen (secondary N) is 1. The zero-order chi connectivity index (χ0) is 21.3. The number of pyridine rings is 1. The van der Waals surface area contributed by atoms with Crippen LogP contribution in [0.15, 0.2) is 29.2 Å². The van der Waals surface area contributed by atoms with Gasteiger partial charge in [-0.3, -0.25) is 4.79 Å². The Morgan fingerprint density at radius 2 is 1.43 bits per heavy atom. The molecule has 0 saturated heterocycles. The maximum Gasteiger partial charge on any atom is 0.223 e. The fourth-order valence-corrected chi connectivity index (χ4v) is 3.28. The molecule has 170 valence electrons. The van der Waals surface area contributed by atoms with Gasteiger partial charge in [-0.05, 0) is 34.4 Å². The fourth-order valence-electron chi connectivity index (χ4n) is 3.28. The lowest BCUT2D eigenvalue weighted by Gasteiger charge is -2.28. The van der Waals surface area contributed by atoms with Crippen LogP contribution in [0.5, 0.6) is 11.5 Å². The standard InChI is InChI=1S/C23H34N2O3.2ClH/c1-15-20(27)19(26)8-10-25(15)11-9-24-14-16-12-17(22(2,3)4)21(28)18(13-16)23(5,6)7;;/h8,10,12-13,24,27-28H,9,11,14H2,1-7H3;2*1H. The van der Waals surface area contributed by atoms with Crippen molar-refractivity contribution in [3.8, 4) is 11.5 Å². The lowest BCUT2D eigenvalue weighted by molar-refractivity contribution is 0.422. The molecule has 0 saturated carbocycles. The predicted octanol–water partition coefficient (Wildman–Crippen LogP) is 4.80. The number of rotatable bonds is 5. The second-order valence-electron chi connectivity index (χ2n) is 9.52. The number of phenolic OH excluding ortho intramolecular Hbond substituents is 1. The van der Waals surface area contributed by atoms with Gasteiger partial charge in [-0.25, -0.2) is 0 Å². The van der Waals surface area contributed by atoms with E-state index in [9.17, 15) is 15.0 Å². The molecule has 0 atom stereocenters. The van der Waals surface area contributed by atoms with Gasteiger partial charge in [0.05, 0.1) is 5.69 Å². The highest BCUT2D eigenvalue weighted by Crippen LogP contribution is 2.39. The molecular weight excluding hydrogens is 423 g/mol. The molecule has 30 heavy (non-hydrogen) atoms. The van der Waals surface area contributed by atoms with Crippen molar-refractivity contribution in [3.05, 3.63) is 57.0 Å². The first kappa shape index (κ1) is 28.3. The Morgan fingerprint density at radius 3 is 1.90 bits per heavy atom. The second kappa shape index (κ2) is 10.6. The average molecular weight is 459 g/mol. The normalized spacial score (nSPS) is 11.6. The van der Waals surface area contributed by atoms with Gasteiger partial charge in [0, 0.05) is 31.9 Å². The number of halogens is 2. The summed E-state index contributed by atoms with van der Waals surface area (Å²) in [6.45, 7) is 16.4.